The van der Waals surface area contributed by atoms with Gasteiger partial charge in [-0.1, -0.05) is 54.6 Å². The van der Waals surface area contributed by atoms with Crippen LogP contribution in [0.5, 0.6) is 0 Å². The lowest BCUT2D eigenvalue weighted by Gasteiger charge is -2.27. The van der Waals surface area contributed by atoms with E-state index in [4.69, 9.17) is 9.73 Å². The Hall–Kier alpha value is -2.90. The number of likely N-dealkylation sites (N-methyl/N-ethyl adjacent to an activating group) is 1. The van der Waals surface area contributed by atoms with Gasteiger partial charge in [-0.2, -0.15) is 0 Å². The van der Waals surface area contributed by atoms with Gasteiger partial charge in [0.1, 0.15) is 0 Å². The first-order chi connectivity index (χ1) is 15.5. The highest BCUT2D eigenvalue weighted by Crippen LogP contribution is 2.15. The number of nitrogens with zero attached hydrogens (tertiary/aromatic N) is 3. The minimum Gasteiger partial charge on any atom is -0.379 e. The summed E-state index contributed by atoms with van der Waals surface area (Å²) in [6.07, 6.45) is 0. The van der Waals surface area contributed by atoms with Crippen molar-refractivity contribution >= 4 is 11.9 Å². The number of aliphatic imine (C=N–C) groups is 1. The summed E-state index contributed by atoms with van der Waals surface area (Å²) >= 11 is 0. The Bertz CT molecular complexity index is 879. The number of benzene rings is 2. The quantitative estimate of drug-likeness (QED) is 0.490. The van der Waals surface area contributed by atoms with E-state index in [1.807, 2.05) is 18.2 Å². The van der Waals surface area contributed by atoms with Crippen LogP contribution in [-0.4, -0.2) is 68.6 Å². The van der Waals surface area contributed by atoms with E-state index in [1.54, 1.807) is 19.0 Å². The Morgan fingerprint density at radius 2 is 1.72 bits per heavy atom. The molecule has 7 heteroatoms. The summed E-state index contributed by atoms with van der Waals surface area (Å²) < 4.78 is 5.47. The van der Waals surface area contributed by atoms with E-state index in [1.165, 1.54) is 11.1 Å². The summed E-state index contributed by atoms with van der Waals surface area (Å²) in [4.78, 5) is 20.9. The van der Waals surface area contributed by atoms with Crippen LogP contribution in [0.1, 0.15) is 29.7 Å². The van der Waals surface area contributed by atoms with Crippen molar-refractivity contribution in [2.75, 3.05) is 46.9 Å². The van der Waals surface area contributed by atoms with Crippen molar-refractivity contribution in [3.63, 3.8) is 0 Å². The van der Waals surface area contributed by atoms with Gasteiger partial charge in [-0.05, 0) is 23.6 Å². The minimum absolute atomic E-state index is 0.000387. The number of nitrogens with one attached hydrogen (secondary N) is 2. The second kappa shape index (κ2) is 12.2. The van der Waals surface area contributed by atoms with Crippen LogP contribution in [0.3, 0.4) is 0 Å². The van der Waals surface area contributed by atoms with Crippen LogP contribution in [0.25, 0.3) is 0 Å². The van der Waals surface area contributed by atoms with Gasteiger partial charge in [0, 0.05) is 33.7 Å². The molecule has 1 amide bonds. The molecule has 0 aliphatic carbocycles. The maximum absolute atomic E-state index is 12.1. The van der Waals surface area contributed by atoms with Crippen LogP contribution >= 0.6 is 0 Å². The van der Waals surface area contributed by atoms with Crippen molar-refractivity contribution in [2.45, 2.75) is 26.1 Å². The largest absolute Gasteiger partial charge is 0.379 e. The fourth-order valence-corrected chi connectivity index (χ4v) is 3.53. The first-order valence-electron chi connectivity index (χ1n) is 11.2. The highest BCUT2D eigenvalue weighted by atomic mass is 16.5. The lowest BCUT2D eigenvalue weighted by Crippen LogP contribution is -2.43. The average Bonchev–Trinajstić information content (AvgIpc) is 2.82. The molecule has 1 aliphatic rings. The van der Waals surface area contributed by atoms with E-state index in [0.29, 0.717) is 12.5 Å². The molecule has 0 radical (unpaired) electrons. The lowest BCUT2D eigenvalue weighted by molar-refractivity contribution is -0.127. The molecule has 1 unspecified atom stereocenters. The highest BCUT2D eigenvalue weighted by Gasteiger charge is 2.14. The lowest BCUT2D eigenvalue weighted by atomic mass is 10.1. The van der Waals surface area contributed by atoms with Gasteiger partial charge < -0.3 is 20.3 Å². The maximum Gasteiger partial charge on any atom is 0.241 e. The molecule has 1 aliphatic heterocycles. The number of guanidine groups is 1. The Morgan fingerprint density at radius 1 is 1.06 bits per heavy atom. The first-order valence-corrected chi connectivity index (χ1v) is 11.2. The number of morpholine rings is 1. The third-order valence-electron chi connectivity index (χ3n) is 5.58. The fourth-order valence-electron chi connectivity index (χ4n) is 3.53. The molecule has 1 heterocycles. The number of hydrogen-bond donors (Lipinski definition) is 2. The molecular formula is C25H35N5O2. The van der Waals surface area contributed by atoms with E-state index in [2.05, 4.69) is 58.9 Å². The molecule has 0 bridgehead atoms. The summed E-state index contributed by atoms with van der Waals surface area (Å²) in [5.74, 6) is 0.623. The molecule has 7 nitrogen and oxygen atoms in total. The van der Waals surface area contributed by atoms with Gasteiger partial charge >= 0.3 is 0 Å². The van der Waals surface area contributed by atoms with Gasteiger partial charge in [0.15, 0.2) is 5.96 Å². The third-order valence-corrected chi connectivity index (χ3v) is 5.58. The topological polar surface area (TPSA) is 69.2 Å². The molecule has 2 aromatic rings. The molecule has 0 saturated carbocycles. The number of carbonyl (C=O) groups is 1. The molecule has 2 aromatic carbocycles. The van der Waals surface area contributed by atoms with E-state index in [0.717, 1.165) is 38.4 Å². The zero-order valence-electron chi connectivity index (χ0n) is 19.4. The smallest absolute Gasteiger partial charge is 0.241 e. The number of hydrogen-bond acceptors (Lipinski definition) is 4. The standard InChI is InChI=1S/C25H35N5O2/c1-20(21-9-5-4-6-10-21)28-25(27-18-24(31)29(2)3)26-17-22-11-7-8-12-23(22)19-30-13-15-32-16-14-30/h4-12,20H,13-19H2,1-3H3,(H2,26,27,28). The number of rotatable bonds is 8. The van der Waals surface area contributed by atoms with Gasteiger partial charge in [-0.3, -0.25) is 9.69 Å². The Balaban J connectivity index is 1.72. The predicted octanol–water partition coefficient (Wildman–Crippen LogP) is 2.40. The van der Waals surface area contributed by atoms with Crippen LogP contribution in [0, 0.1) is 0 Å². The SMILES string of the molecule is CC(NC(=NCc1ccccc1CN1CCOCC1)NCC(=O)N(C)C)c1ccccc1. The number of ether oxygens (including phenoxy) is 1. The molecule has 172 valence electrons. The predicted molar refractivity (Wildman–Crippen MR) is 128 cm³/mol. The van der Waals surface area contributed by atoms with E-state index >= 15 is 0 Å². The fraction of sp³-hybridized carbons (Fsp3) is 0.440. The van der Waals surface area contributed by atoms with E-state index < -0.39 is 0 Å². The van der Waals surface area contributed by atoms with Crippen molar-refractivity contribution in [3.8, 4) is 0 Å². The minimum atomic E-state index is -0.000387. The van der Waals surface area contributed by atoms with Crippen LogP contribution in [-0.2, 0) is 22.6 Å². The van der Waals surface area contributed by atoms with Gasteiger partial charge in [-0.25, -0.2) is 4.99 Å². The molecular weight excluding hydrogens is 402 g/mol. The summed E-state index contributed by atoms with van der Waals surface area (Å²) in [5.41, 5.74) is 3.62. The van der Waals surface area contributed by atoms with Crippen molar-refractivity contribution in [3.05, 3.63) is 71.3 Å². The molecule has 2 N–H and O–H groups in total. The molecule has 0 spiro atoms. The van der Waals surface area contributed by atoms with Crippen LogP contribution in [0.4, 0.5) is 0 Å². The van der Waals surface area contributed by atoms with Crippen LogP contribution < -0.4 is 10.6 Å². The van der Waals surface area contributed by atoms with Crippen molar-refractivity contribution in [1.82, 2.24) is 20.4 Å². The zero-order valence-corrected chi connectivity index (χ0v) is 19.4. The van der Waals surface area contributed by atoms with Gasteiger partial charge in [0.25, 0.3) is 0 Å². The normalized spacial score (nSPS) is 15.8. The molecule has 0 aromatic heterocycles. The molecule has 1 fully saturated rings. The van der Waals surface area contributed by atoms with Gasteiger partial charge in [0.2, 0.25) is 5.91 Å². The summed E-state index contributed by atoms with van der Waals surface area (Å²) in [6, 6.07) is 18.7. The number of carbonyl (C=O) groups excluding carboxylic acids is 1. The van der Waals surface area contributed by atoms with Crippen molar-refractivity contribution in [1.29, 1.82) is 0 Å². The van der Waals surface area contributed by atoms with Crippen molar-refractivity contribution in [2.24, 2.45) is 4.99 Å². The second-order valence-corrected chi connectivity index (χ2v) is 8.24. The van der Waals surface area contributed by atoms with Gasteiger partial charge in [0.05, 0.1) is 32.3 Å². The van der Waals surface area contributed by atoms with Gasteiger partial charge in [-0.15, -0.1) is 0 Å². The molecule has 3 rings (SSSR count). The third kappa shape index (κ3) is 7.35. The highest BCUT2D eigenvalue weighted by molar-refractivity contribution is 5.86. The Kier molecular flexibility index (Phi) is 9.07. The van der Waals surface area contributed by atoms with E-state index in [-0.39, 0.29) is 18.5 Å². The molecule has 1 saturated heterocycles. The summed E-state index contributed by atoms with van der Waals surface area (Å²) in [6.45, 7) is 7.19. The Labute approximate surface area is 191 Å². The summed E-state index contributed by atoms with van der Waals surface area (Å²) in [5, 5.41) is 6.63. The van der Waals surface area contributed by atoms with E-state index in [9.17, 15) is 4.79 Å². The maximum atomic E-state index is 12.1. The monoisotopic (exact) mass is 437 g/mol. The first kappa shape index (κ1) is 23.8. The molecule has 32 heavy (non-hydrogen) atoms. The summed E-state index contributed by atoms with van der Waals surface area (Å²) in [7, 11) is 3.51. The zero-order chi connectivity index (χ0) is 22.8. The Morgan fingerprint density at radius 3 is 2.41 bits per heavy atom. The molecule has 1 atom stereocenters. The van der Waals surface area contributed by atoms with Crippen molar-refractivity contribution < 1.29 is 9.53 Å². The average molecular weight is 438 g/mol. The second-order valence-electron chi connectivity index (χ2n) is 8.24. The number of amides is 1. The van der Waals surface area contributed by atoms with Crippen LogP contribution in [0.15, 0.2) is 59.6 Å². The van der Waals surface area contributed by atoms with Crippen LogP contribution in [0.2, 0.25) is 0 Å².